The Morgan fingerprint density at radius 2 is 1.48 bits per heavy atom. The molecule has 0 heterocycles. The van der Waals surface area contributed by atoms with Gasteiger partial charge in [-0.2, -0.15) is 0 Å². The van der Waals surface area contributed by atoms with Gasteiger partial charge in [0, 0.05) is 6.42 Å². The van der Waals surface area contributed by atoms with Gasteiger partial charge in [0.15, 0.2) is 0 Å². The van der Waals surface area contributed by atoms with Crippen molar-refractivity contribution in [2.45, 2.75) is 104 Å². The molecule has 0 aromatic heterocycles. The van der Waals surface area contributed by atoms with Gasteiger partial charge in [0.05, 0.1) is 12.4 Å². The van der Waals surface area contributed by atoms with Gasteiger partial charge in [-0.25, -0.2) is 0 Å². The van der Waals surface area contributed by atoms with Gasteiger partial charge in [-0.1, -0.05) is 78.1 Å². The van der Waals surface area contributed by atoms with E-state index >= 15 is 0 Å². The summed E-state index contributed by atoms with van der Waals surface area (Å²) in [5.74, 6) is 1.97. The summed E-state index contributed by atoms with van der Waals surface area (Å²) < 4.78 is 6.04. The molecular weight excluding hydrogens is 256 g/mol. The van der Waals surface area contributed by atoms with E-state index in [9.17, 15) is 0 Å². The molecule has 1 aliphatic carbocycles. The largest absolute Gasteiger partial charge is 0.498 e. The van der Waals surface area contributed by atoms with E-state index < -0.39 is 0 Å². The molecule has 0 saturated heterocycles. The second-order valence-electron chi connectivity index (χ2n) is 6.89. The van der Waals surface area contributed by atoms with Crippen molar-refractivity contribution >= 4 is 0 Å². The highest BCUT2D eigenvalue weighted by atomic mass is 16.5. The van der Waals surface area contributed by atoms with E-state index in [2.05, 4.69) is 19.9 Å². The van der Waals surface area contributed by atoms with Crippen molar-refractivity contribution < 1.29 is 4.74 Å². The average molecular weight is 295 g/mol. The summed E-state index contributed by atoms with van der Waals surface area (Å²) in [5, 5.41) is 0. The Hall–Kier alpha value is -0.460. The van der Waals surface area contributed by atoms with Gasteiger partial charge in [0.25, 0.3) is 0 Å². The Morgan fingerprint density at radius 1 is 0.905 bits per heavy atom. The van der Waals surface area contributed by atoms with Crippen molar-refractivity contribution in [3.8, 4) is 0 Å². The minimum atomic E-state index is 0.687. The van der Waals surface area contributed by atoms with Crippen molar-refractivity contribution in [1.29, 1.82) is 0 Å². The summed E-state index contributed by atoms with van der Waals surface area (Å²) >= 11 is 0. The van der Waals surface area contributed by atoms with E-state index in [1.807, 2.05) is 0 Å². The van der Waals surface area contributed by atoms with Crippen LogP contribution in [0.25, 0.3) is 0 Å². The molecule has 21 heavy (non-hydrogen) atoms. The molecule has 0 spiro atoms. The number of unbranched alkanes of at least 4 members (excludes halogenated alkanes) is 1. The van der Waals surface area contributed by atoms with Gasteiger partial charge in [-0.05, 0) is 31.3 Å². The number of allylic oxidation sites excluding steroid dienone is 2. The second-order valence-corrected chi connectivity index (χ2v) is 6.89. The highest BCUT2D eigenvalue weighted by Crippen LogP contribution is 2.20. The molecule has 1 heteroatoms. The smallest absolute Gasteiger partial charge is 0.0922 e. The summed E-state index contributed by atoms with van der Waals surface area (Å²) in [5.41, 5.74) is 0. The lowest BCUT2D eigenvalue weighted by Crippen LogP contribution is -1.99. The van der Waals surface area contributed by atoms with Gasteiger partial charge in [0.2, 0.25) is 0 Å². The van der Waals surface area contributed by atoms with Crippen LogP contribution >= 0.6 is 0 Å². The third kappa shape index (κ3) is 10.8. The second kappa shape index (κ2) is 13.2. The van der Waals surface area contributed by atoms with E-state index in [1.165, 1.54) is 89.2 Å². The van der Waals surface area contributed by atoms with Gasteiger partial charge < -0.3 is 4.74 Å². The van der Waals surface area contributed by atoms with Crippen molar-refractivity contribution in [1.82, 2.24) is 0 Å². The normalized spacial score (nSPS) is 23.7. The van der Waals surface area contributed by atoms with E-state index in [0.29, 0.717) is 5.92 Å². The minimum Gasteiger partial charge on any atom is -0.498 e. The van der Waals surface area contributed by atoms with Crippen LogP contribution in [0.2, 0.25) is 0 Å². The lowest BCUT2D eigenvalue weighted by atomic mass is 10.0. The monoisotopic (exact) mass is 294 g/mol. The molecule has 1 rings (SSSR count). The molecule has 0 saturated carbocycles. The third-order valence-electron chi connectivity index (χ3n) is 4.59. The van der Waals surface area contributed by atoms with Crippen LogP contribution in [0.15, 0.2) is 11.8 Å². The van der Waals surface area contributed by atoms with E-state index in [1.54, 1.807) is 0 Å². The van der Waals surface area contributed by atoms with Crippen molar-refractivity contribution in [3.63, 3.8) is 0 Å². The van der Waals surface area contributed by atoms with Crippen molar-refractivity contribution in [2.24, 2.45) is 5.92 Å². The van der Waals surface area contributed by atoms with Gasteiger partial charge in [0.1, 0.15) is 0 Å². The molecule has 0 amide bonds. The van der Waals surface area contributed by atoms with Crippen LogP contribution in [0.3, 0.4) is 0 Å². The number of hydrogen-bond acceptors (Lipinski definition) is 1. The zero-order chi connectivity index (χ0) is 15.2. The summed E-state index contributed by atoms with van der Waals surface area (Å²) in [6.07, 6.45) is 21.5. The maximum atomic E-state index is 6.04. The van der Waals surface area contributed by atoms with Crippen LogP contribution < -0.4 is 0 Å². The van der Waals surface area contributed by atoms with Crippen molar-refractivity contribution in [3.05, 3.63) is 11.8 Å². The Bertz CT molecular complexity index is 257. The fourth-order valence-corrected chi connectivity index (χ4v) is 3.13. The zero-order valence-corrected chi connectivity index (χ0v) is 14.7. The molecule has 0 radical (unpaired) electrons. The Labute approximate surface area is 133 Å². The molecule has 1 atom stereocenters. The predicted molar refractivity (Wildman–Crippen MR) is 93.5 cm³/mol. The van der Waals surface area contributed by atoms with Crippen LogP contribution in [0.1, 0.15) is 104 Å². The molecular formula is C20H38O. The molecule has 0 aliphatic heterocycles. The zero-order valence-electron chi connectivity index (χ0n) is 14.7. The van der Waals surface area contributed by atoms with Crippen LogP contribution in [-0.4, -0.2) is 6.61 Å². The molecule has 0 aromatic rings. The maximum absolute atomic E-state index is 6.04. The van der Waals surface area contributed by atoms with Gasteiger partial charge in [-0.3, -0.25) is 0 Å². The number of rotatable bonds is 4. The van der Waals surface area contributed by atoms with Crippen molar-refractivity contribution in [2.75, 3.05) is 6.61 Å². The molecule has 0 aromatic carbocycles. The molecule has 0 bridgehead atoms. The van der Waals surface area contributed by atoms with E-state index in [4.69, 9.17) is 4.74 Å². The fraction of sp³-hybridized carbons (Fsp3) is 0.900. The SMILES string of the molecule is CCCCOC1=CC(C)CCCCCCCCCCCC1. The Morgan fingerprint density at radius 3 is 2.10 bits per heavy atom. The molecule has 1 aliphatic rings. The molecule has 0 fully saturated rings. The predicted octanol–water partition coefficient (Wildman–Crippen LogP) is 7.02. The number of hydrogen-bond donors (Lipinski definition) is 0. The average Bonchev–Trinajstić information content (AvgIpc) is 2.48. The first kappa shape index (κ1) is 18.6. The van der Waals surface area contributed by atoms with Crippen LogP contribution in [0.4, 0.5) is 0 Å². The van der Waals surface area contributed by atoms with E-state index in [-0.39, 0.29) is 0 Å². The first-order valence-electron chi connectivity index (χ1n) is 9.66. The molecule has 1 nitrogen and oxygen atoms in total. The van der Waals surface area contributed by atoms with Crippen LogP contribution in [0.5, 0.6) is 0 Å². The third-order valence-corrected chi connectivity index (χ3v) is 4.59. The molecule has 124 valence electrons. The van der Waals surface area contributed by atoms with Crippen LogP contribution in [-0.2, 0) is 4.74 Å². The maximum Gasteiger partial charge on any atom is 0.0922 e. The molecule has 0 N–H and O–H groups in total. The summed E-state index contributed by atoms with van der Waals surface area (Å²) in [7, 11) is 0. The van der Waals surface area contributed by atoms with Gasteiger partial charge in [-0.15, -0.1) is 0 Å². The lowest BCUT2D eigenvalue weighted by molar-refractivity contribution is 0.193. The number of ether oxygens (including phenoxy) is 1. The summed E-state index contributed by atoms with van der Waals surface area (Å²) in [6.45, 7) is 5.51. The summed E-state index contributed by atoms with van der Waals surface area (Å²) in [4.78, 5) is 0. The van der Waals surface area contributed by atoms with E-state index in [0.717, 1.165) is 13.0 Å². The first-order valence-corrected chi connectivity index (χ1v) is 9.66. The Balaban J connectivity index is 2.42. The Kier molecular flexibility index (Phi) is 11.7. The lowest BCUT2D eigenvalue weighted by Gasteiger charge is -2.13. The minimum absolute atomic E-state index is 0.687. The quantitative estimate of drug-likeness (QED) is 0.506. The summed E-state index contributed by atoms with van der Waals surface area (Å²) in [6, 6.07) is 0. The van der Waals surface area contributed by atoms with Gasteiger partial charge >= 0.3 is 0 Å². The van der Waals surface area contributed by atoms with Crippen LogP contribution in [0, 0.1) is 5.92 Å². The standard InChI is InChI=1S/C20H38O/c1-3-4-17-21-20-16-14-12-10-8-6-5-7-9-11-13-15-19(2)18-20/h18-19H,3-17H2,1-2H3. The topological polar surface area (TPSA) is 9.23 Å². The fourth-order valence-electron chi connectivity index (χ4n) is 3.13. The highest BCUT2D eigenvalue weighted by molar-refractivity contribution is 4.96. The first-order chi connectivity index (χ1) is 10.3. The molecule has 1 unspecified atom stereocenters. The highest BCUT2D eigenvalue weighted by Gasteiger charge is 2.05.